The van der Waals surface area contributed by atoms with Crippen molar-refractivity contribution in [2.24, 2.45) is 0 Å². The van der Waals surface area contributed by atoms with Gasteiger partial charge in [0.1, 0.15) is 0 Å². The Morgan fingerprint density at radius 2 is 2.08 bits per heavy atom. The van der Waals surface area contributed by atoms with Gasteiger partial charge in [-0.2, -0.15) is 0 Å². The van der Waals surface area contributed by atoms with Crippen molar-refractivity contribution in [3.05, 3.63) is 21.9 Å². The van der Waals surface area contributed by atoms with Gasteiger partial charge in [0.15, 0.2) is 0 Å². The minimum absolute atomic E-state index is 0.262. The minimum Gasteiger partial charge on any atom is -0.307 e. The number of hydrogen-bond donors (Lipinski definition) is 1. The Labute approximate surface area is 85.2 Å². The van der Waals surface area contributed by atoms with Crippen LogP contribution in [0.4, 0.5) is 0 Å². The first kappa shape index (κ1) is 10.7. The molecule has 0 fully saturated rings. The molecule has 0 radical (unpaired) electrons. The molecule has 1 N–H and O–H groups in total. The molecule has 0 saturated carbocycles. The van der Waals surface area contributed by atoms with Crippen LogP contribution in [0.1, 0.15) is 36.9 Å². The van der Waals surface area contributed by atoms with Crippen LogP contribution in [0.5, 0.6) is 0 Å². The highest BCUT2D eigenvalue weighted by atomic mass is 32.1. The average Bonchev–Trinajstić information content (AvgIpc) is 2.48. The van der Waals surface area contributed by atoms with Crippen LogP contribution in [0, 0.1) is 6.92 Å². The van der Waals surface area contributed by atoms with Crippen LogP contribution in [0.3, 0.4) is 0 Å². The van der Waals surface area contributed by atoms with E-state index in [0.29, 0.717) is 0 Å². The van der Waals surface area contributed by atoms with E-state index in [4.69, 9.17) is 0 Å². The molecule has 0 atom stereocenters. The van der Waals surface area contributed by atoms with Gasteiger partial charge < -0.3 is 5.32 Å². The van der Waals surface area contributed by atoms with Crippen LogP contribution in [-0.2, 0) is 6.54 Å². The molecule has 13 heavy (non-hydrogen) atoms. The van der Waals surface area contributed by atoms with E-state index >= 15 is 0 Å². The lowest BCUT2D eigenvalue weighted by molar-refractivity contribution is 0.376. The predicted octanol–water partition coefficient (Wildman–Crippen LogP) is 3.33. The lowest BCUT2D eigenvalue weighted by Gasteiger charge is -2.24. The summed E-state index contributed by atoms with van der Waals surface area (Å²) in [6, 6.07) is 4.39. The van der Waals surface area contributed by atoms with E-state index in [1.165, 1.54) is 9.75 Å². The summed E-state index contributed by atoms with van der Waals surface area (Å²) in [4.78, 5) is 2.82. The van der Waals surface area contributed by atoms with E-state index in [1.54, 1.807) is 0 Å². The van der Waals surface area contributed by atoms with Gasteiger partial charge in [0.2, 0.25) is 0 Å². The Balaban J connectivity index is 2.43. The highest BCUT2D eigenvalue weighted by molar-refractivity contribution is 7.11. The third-order valence-electron chi connectivity index (χ3n) is 2.42. The van der Waals surface area contributed by atoms with Gasteiger partial charge in [0.25, 0.3) is 0 Å². The number of thiophene rings is 1. The first-order valence-electron chi connectivity index (χ1n) is 4.84. The van der Waals surface area contributed by atoms with E-state index in [1.807, 2.05) is 11.3 Å². The zero-order valence-corrected chi connectivity index (χ0v) is 9.79. The van der Waals surface area contributed by atoms with Crippen molar-refractivity contribution in [2.45, 2.75) is 46.2 Å². The third kappa shape index (κ3) is 3.49. The van der Waals surface area contributed by atoms with Crippen LogP contribution < -0.4 is 5.32 Å². The van der Waals surface area contributed by atoms with E-state index in [0.717, 1.165) is 13.0 Å². The van der Waals surface area contributed by atoms with Gasteiger partial charge in [-0.3, -0.25) is 0 Å². The molecule has 0 amide bonds. The first-order valence-corrected chi connectivity index (χ1v) is 5.65. The second-order valence-corrected chi connectivity index (χ2v) is 5.48. The molecule has 0 saturated heterocycles. The molecule has 0 bridgehead atoms. The Kier molecular flexibility index (Phi) is 3.51. The number of nitrogens with one attached hydrogen (secondary N) is 1. The summed E-state index contributed by atoms with van der Waals surface area (Å²) in [7, 11) is 0. The van der Waals surface area contributed by atoms with Crippen LogP contribution in [0.15, 0.2) is 12.1 Å². The summed E-state index contributed by atoms with van der Waals surface area (Å²) in [5, 5.41) is 3.55. The zero-order chi connectivity index (χ0) is 9.90. The van der Waals surface area contributed by atoms with E-state index in [9.17, 15) is 0 Å². The topological polar surface area (TPSA) is 12.0 Å². The van der Waals surface area contributed by atoms with Crippen molar-refractivity contribution in [2.75, 3.05) is 0 Å². The molecule has 1 aromatic rings. The molecule has 74 valence electrons. The van der Waals surface area contributed by atoms with E-state index < -0.39 is 0 Å². The average molecular weight is 197 g/mol. The normalized spacial score (nSPS) is 12.0. The molecule has 0 spiro atoms. The highest BCUT2D eigenvalue weighted by Crippen LogP contribution is 2.16. The molecular weight excluding hydrogens is 178 g/mol. The van der Waals surface area contributed by atoms with Crippen molar-refractivity contribution < 1.29 is 0 Å². The lowest BCUT2D eigenvalue weighted by atomic mass is 10.0. The van der Waals surface area contributed by atoms with Gasteiger partial charge >= 0.3 is 0 Å². The van der Waals surface area contributed by atoms with Crippen LogP contribution in [0.2, 0.25) is 0 Å². The standard InChI is InChI=1S/C11H19NS/c1-5-11(3,4)12-8-10-7-6-9(2)13-10/h6-7,12H,5,8H2,1-4H3. The van der Waals surface area contributed by atoms with Crippen LogP contribution in [-0.4, -0.2) is 5.54 Å². The first-order chi connectivity index (χ1) is 6.03. The summed E-state index contributed by atoms with van der Waals surface area (Å²) in [6.45, 7) is 9.85. The largest absolute Gasteiger partial charge is 0.307 e. The van der Waals surface area contributed by atoms with Crippen molar-refractivity contribution in [3.63, 3.8) is 0 Å². The lowest BCUT2D eigenvalue weighted by Crippen LogP contribution is -2.37. The fourth-order valence-electron chi connectivity index (χ4n) is 1.03. The molecule has 0 aliphatic heterocycles. The van der Waals surface area contributed by atoms with Gasteiger partial charge in [-0.05, 0) is 39.3 Å². The second-order valence-electron chi connectivity index (χ2n) is 4.10. The van der Waals surface area contributed by atoms with Gasteiger partial charge in [0, 0.05) is 21.8 Å². The number of hydrogen-bond acceptors (Lipinski definition) is 2. The van der Waals surface area contributed by atoms with Crippen molar-refractivity contribution in [1.82, 2.24) is 5.32 Å². The van der Waals surface area contributed by atoms with Crippen LogP contribution >= 0.6 is 11.3 Å². The second kappa shape index (κ2) is 4.25. The fraction of sp³-hybridized carbons (Fsp3) is 0.636. The molecule has 0 aromatic carbocycles. The number of rotatable bonds is 4. The van der Waals surface area contributed by atoms with Gasteiger partial charge in [-0.25, -0.2) is 0 Å². The fourth-order valence-corrected chi connectivity index (χ4v) is 1.86. The highest BCUT2D eigenvalue weighted by Gasteiger charge is 2.13. The zero-order valence-electron chi connectivity index (χ0n) is 8.98. The van der Waals surface area contributed by atoms with Crippen molar-refractivity contribution >= 4 is 11.3 Å². The summed E-state index contributed by atoms with van der Waals surface area (Å²) in [6.07, 6.45) is 1.16. The minimum atomic E-state index is 0.262. The third-order valence-corrected chi connectivity index (χ3v) is 3.42. The molecule has 1 heterocycles. The van der Waals surface area contributed by atoms with E-state index in [-0.39, 0.29) is 5.54 Å². The molecular formula is C11H19NS. The monoisotopic (exact) mass is 197 g/mol. The molecule has 1 nitrogen and oxygen atoms in total. The van der Waals surface area contributed by atoms with E-state index in [2.05, 4.69) is 45.1 Å². The Bertz CT molecular complexity index is 263. The van der Waals surface area contributed by atoms with Crippen molar-refractivity contribution in [1.29, 1.82) is 0 Å². The maximum Gasteiger partial charge on any atom is 0.0304 e. The summed E-state index contributed by atoms with van der Waals surface area (Å²) in [5.41, 5.74) is 0.262. The Hall–Kier alpha value is -0.340. The maximum atomic E-state index is 3.55. The Morgan fingerprint density at radius 3 is 2.54 bits per heavy atom. The molecule has 1 rings (SSSR count). The Morgan fingerprint density at radius 1 is 1.38 bits per heavy atom. The molecule has 0 unspecified atom stereocenters. The molecule has 0 aliphatic carbocycles. The number of aryl methyl sites for hydroxylation is 1. The SMILES string of the molecule is CCC(C)(C)NCc1ccc(C)s1. The summed E-state index contributed by atoms with van der Waals surface area (Å²) in [5.74, 6) is 0. The quantitative estimate of drug-likeness (QED) is 0.780. The van der Waals surface area contributed by atoms with Gasteiger partial charge in [-0.15, -0.1) is 11.3 Å². The van der Waals surface area contributed by atoms with Crippen LogP contribution in [0.25, 0.3) is 0 Å². The summed E-state index contributed by atoms with van der Waals surface area (Å²) < 4.78 is 0. The maximum absolute atomic E-state index is 3.55. The predicted molar refractivity (Wildman–Crippen MR) is 60.3 cm³/mol. The smallest absolute Gasteiger partial charge is 0.0304 e. The molecule has 1 aromatic heterocycles. The van der Waals surface area contributed by atoms with Gasteiger partial charge in [-0.1, -0.05) is 6.92 Å². The molecule has 2 heteroatoms. The molecule has 0 aliphatic rings. The summed E-state index contributed by atoms with van der Waals surface area (Å²) >= 11 is 1.88. The van der Waals surface area contributed by atoms with Crippen molar-refractivity contribution in [3.8, 4) is 0 Å². The van der Waals surface area contributed by atoms with Gasteiger partial charge in [0.05, 0.1) is 0 Å².